The van der Waals surface area contributed by atoms with Gasteiger partial charge in [-0.25, -0.2) is 5.53 Å². The normalized spacial score (nSPS) is 13.8. The van der Waals surface area contributed by atoms with Gasteiger partial charge in [0, 0.05) is 33.6 Å². The third kappa shape index (κ3) is 2.31. The average Bonchev–Trinajstić information content (AvgIpc) is 3.13. The first-order valence-corrected chi connectivity index (χ1v) is 7.66. The molecule has 0 amide bonds. The predicted octanol–water partition coefficient (Wildman–Crippen LogP) is 2.82. The topological polar surface area (TPSA) is 66.3 Å². The van der Waals surface area contributed by atoms with Crippen LogP contribution in [-0.4, -0.2) is 15.6 Å². The second-order valence-corrected chi connectivity index (χ2v) is 5.96. The molecule has 0 radical (unpaired) electrons. The minimum Gasteiger partial charge on any atom is -0.283 e. The van der Waals surface area contributed by atoms with E-state index in [1.54, 1.807) is 10.7 Å². The van der Waals surface area contributed by atoms with Gasteiger partial charge in [-0.2, -0.15) is 5.10 Å². The monoisotopic (exact) mass is 346 g/mol. The highest BCUT2D eigenvalue weighted by Crippen LogP contribution is 2.35. The maximum absolute atomic E-state index is 6.36. The third-order valence-corrected chi connectivity index (χ3v) is 4.26. The third-order valence-electron chi connectivity index (χ3n) is 3.71. The molecule has 116 valence electrons. The van der Waals surface area contributed by atoms with Crippen LogP contribution in [0.2, 0.25) is 10.0 Å². The molecule has 0 fully saturated rings. The van der Waals surface area contributed by atoms with Gasteiger partial charge < -0.3 is 0 Å². The maximum Gasteiger partial charge on any atom is 0.189 e. The molecule has 2 heterocycles. The number of hydrogen-bond donors (Lipinski definition) is 3. The second-order valence-electron chi connectivity index (χ2n) is 5.12. The van der Waals surface area contributed by atoms with Crippen LogP contribution in [0.1, 0.15) is 5.69 Å². The van der Waals surface area contributed by atoms with E-state index in [2.05, 4.69) is 26.7 Å². The second kappa shape index (κ2) is 5.42. The molecule has 0 bridgehead atoms. The highest BCUT2D eigenvalue weighted by Gasteiger charge is 2.20. The van der Waals surface area contributed by atoms with Crippen molar-refractivity contribution < 1.29 is 0 Å². The van der Waals surface area contributed by atoms with Crippen molar-refractivity contribution in [3.05, 3.63) is 52.1 Å². The Morgan fingerprint density at radius 2 is 1.96 bits per heavy atom. The van der Waals surface area contributed by atoms with Crippen LogP contribution < -0.4 is 16.5 Å². The average molecular weight is 347 g/mol. The molecule has 0 saturated heterocycles. The van der Waals surface area contributed by atoms with E-state index in [1.165, 1.54) is 0 Å². The van der Waals surface area contributed by atoms with Crippen molar-refractivity contribution in [2.45, 2.75) is 0 Å². The standard InChI is InChI=1S/C15H12Cl2N6/c1-23-14(15-18-21-22-19-15)11-4-2-3-10(13(11)20-23)9-6-5-8(16)7-12(9)17/h2-7,21-22H,1H3,(H,18,19). The van der Waals surface area contributed by atoms with E-state index < -0.39 is 0 Å². The summed E-state index contributed by atoms with van der Waals surface area (Å²) in [4.78, 5) is 0. The number of aromatic nitrogens is 2. The van der Waals surface area contributed by atoms with E-state index in [4.69, 9.17) is 23.2 Å². The van der Waals surface area contributed by atoms with Crippen LogP contribution in [0.3, 0.4) is 0 Å². The fourth-order valence-corrected chi connectivity index (χ4v) is 3.24. The minimum atomic E-state index is 0.594. The first-order valence-electron chi connectivity index (χ1n) is 6.90. The summed E-state index contributed by atoms with van der Waals surface area (Å²) in [7, 11) is 1.88. The largest absolute Gasteiger partial charge is 0.283 e. The molecule has 4 rings (SSSR count). The first kappa shape index (κ1) is 14.3. The number of hydrazine groups is 2. The number of halogens is 2. The molecule has 0 spiro atoms. The van der Waals surface area contributed by atoms with Crippen molar-refractivity contribution in [1.29, 1.82) is 0 Å². The lowest BCUT2D eigenvalue weighted by molar-refractivity contribution is 0.577. The van der Waals surface area contributed by atoms with Crippen LogP contribution in [0, 0.1) is 0 Å². The Labute approximate surface area is 142 Å². The van der Waals surface area contributed by atoms with E-state index in [-0.39, 0.29) is 0 Å². The van der Waals surface area contributed by atoms with Crippen LogP contribution in [0.15, 0.2) is 41.5 Å². The Bertz CT molecular complexity index is 947. The maximum atomic E-state index is 6.36. The van der Waals surface area contributed by atoms with E-state index in [0.717, 1.165) is 27.7 Å². The van der Waals surface area contributed by atoms with Crippen molar-refractivity contribution in [1.82, 2.24) is 26.3 Å². The molecule has 23 heavy (non-hydrogen) atoms. The molecule has 3 N–H and O–H groups in total. The quantitative estimate of drug-likeness (QED) is 0.667. The molecule has 3 aromatic rings. The van der Waals surface area contributed by atoms with Gasteiger partial charge in [-0.1, -0.05) is 47.5 Å². The number of nitrogens with zero attached hydrogens (tertiary/aromatic N) is 3. The predicted molar refractivity (Wildman–Crippen MR) is 92.1 cm³/mol. The van der Waals surface area contributed by atoms with Gasteiger partial charge >= 0.3 is 0 Å². The van der Waals surface area contributed by atoms with Gasteiger partial charge in [0.1, 0.15) is 11.2 Å². The first-order chi connectivity index (χ1) is 11.1. The molecular formula is C15H12Cl2N6. The van der Waals surface area contributed by atoms with Crippen molar-refractivity contribution in [3.8, 4) is 11.1 Å². The van der Waals surface area contributed by atoms with Crippen molar-refractivity contribution >= 4 is 39.9 Å². The zero-order chi connectivity index (χ0) is 16.0. The number of nitrogens with one attached hydrogen (secondary N) is 3. The van der Waals surface area contributed by atoms with Gasteiger partial charge in [0.25, 0.3) is 0 Å². The molecule has 1 aliphatic heterocycles. The molecule has 0 saturated carbocycles. The lowest BCUT2D eigenvalue weighted by atomic mass is 10.0. The summed E-state index contributed by atoms with van der Waals surface area (Å²) in [6, 6.07) is 11.4. The van der Waals surface area contributed by atoms with Crippen molar-refractivity contribution in [3.63, 3.8) is 0 Å². The van der Waals surface area contributed by atoms with Gasteiger partial charge in [0.2, 0.25) is 0 Å². The molecule has 6 nitrogen and oxygen atoms in total. The number of hydrogen-bond acceptors (Lipinski definition) is 5. The van der Waals surface area contributed by atoms with E-state index >= 15 is 0 Å². The lowest BCUT2D eigenvalue weighted by Crippen LogP contribution is -2.36. The summed E-state index contributed by atoms with van der Waals surface area (Å²) >= 11 is 12.4. The van der Waals surface area contributed by atoms with Crippen LogP contribution in [0.5, 0.6) is 0 Å². The molecule has 1 aromatic heterocycles. The number of hydrazone groups is 1. The van der Waals surface area contributed by atoms with Gasteiger partial charge in [-0.15, -0.1) is 10.6 Å². The van der Waals surface area contributed by atoms with Crippen LogP contribution in [0.25, 0.3) is 22.0 Å². The highest BCUT2D eigenvalue weighted by atomic mass is 35.5. The zero-order valence-electron chi connectivity index (χ0n) is 12.1. The van der Waals surface area contributed by atoms with Gasteiger partial charge in [0.05, 0.1) is 0 Å². The summed E-state index contributed by atoms with van der Waals surface area (Å²) in [5, 5.41) is 11.0. The summed E-state index contributed by atoms with van der Waals surface area (Å²) in [6.45, 7) is 0. The number of amidine groups is 1. The SMILES string of the molecule is Cn1nc2c(-c3ccc(Cl)cc3Cl)cccc2c1C1=NNNN1. The molecule has 2 aromatic carbocycles. The van der Waals surface area contributed by atoms with E-state index in [9.17, 15) is 0 Å². The van der Waals surface area contributed by atoms with Gasteiger partial charge in [0.15, 0.2) is 5.84 Å². The number of aryl methyl sites for hydroxylation is 1. The molecular weight excluding hydrogens is 335 g/mol. The number of fused-ring (bicyclic) bond motifs is 1. The fraction of sp³-hybridized carbons (Fsp3) is 0.0667. The Morgan fingerprint density at radius 1 is 1.09 bits per heavy atom. The number of benzene rings is 2. The van der Waals surface area contributed by atoms with Gasteiger partial charge in [-0.3, -0.25) is 10.1 Å². The molecule has 0 unspecified atom stereocenters. The Morgan fingerprint density at radius 3 is 2.70 bits per heavy atom. The molecule has 8 heteroatoms. The van der Waals surface area contributed by atoms with E-state index in [1.807, 2.05) is 37.4 Å². The summed E-state index contributed by atoms with van der Waals surface area (Å²) in [6.07, 6.45) is 0. The van der Waals surface area contributed by atoms with E-state index in [0.29, 0.717) is 15.9 Å². The van der Waals surface area contributed by atoms with Crippen molar-refractivity contribution in [2.24, 2.45) is 12.1 Å². The fourth-order valence-electron chi connectivity index (χ4n) is 2.73. The van der Waals surface area contributed by atoms with Gasteiger partial charge in [-0.05, 0) is 12.1 Å². The Balaban J connectivity index is 1.97. The highest BCUT2D eigenvalue weighted by molar-refractivity contribution is 6.36. The lowest BCUT2D eigenvalue weighted by Gasteiger charge is -2.06. The Kier molecular flexibility index (Phi) is 3.37. The molecule has 0 aliphatic carbocycles. The molecule has 0 atom stereocenters. The Hall–Kier alpha value is -2.28. The van der Waals surface area contributed by atoms with Crippen LogP contribution >= 0.6 is 23.2 Å². The minimum absolute atomic E-state index is 0.594. The molecule has 1 aliphatic rings. The summed E-state index contributed by atoms with van der Waals surface area (Å²) in [5.74, 6) is 0.675. The summed E-state index contributed by atoms with van der Waals surface area (Å²) < 4.78 is 1.79. The van der Waals surface area contributed by atoms with Crippen molar-refractivity contribution in [2.75, 3.05) is 0 Å². The summed E-state index contributed by atoms with van der Waals surface area (Å²) in [5.41, 5.74) is 11.9. The smallest absolute Gasteiger partial charge is 0.189 e. The zero-order valence-corrected chi connectivity index (χ0v) is 13.6. The number of rotatable bonds is 2. The van der Waals surface area contributed by atoms with Crippen LogP contribution in [0.4, 0.5) is 0 Å². The van der Waals surface area contributed by atoms with Crippen LogP contribution in [-0.2, 0) is 7.05 Å².